The summed E-state index contributed by atoms with van der Waals surface area (Å²) >= 11 is 0. The lowest BCUT2D eigenvalue weighted by Gasteiger charge is -2.22. The topological polar surface area (TPSA) is 51.8 Å². The Kier molecular flexibility index (Phi) is 11.4. The summed E-state index contributed by atoms with van der Waals surface area (Å²) in [5.41, 5.74) is 6.95. The molecule has 5 aromatic rings. The first kappa shape index (κ1) is 33.2. The number of methoxy groups -OCH3 is 1. The number of rotatable bonds is 14. The lowest BCUT2D eigenvalue weighted by Crippen LogP contribution is -3.00. The number of phenolic OH excluding ortho intramolecular Hbond substituents is 1. The summed E-state index contributed by atoms with van der Waals surface area (Å²) in [6.45, 7) is 3.98. The number of hydrogen-bond donors (Lipinski definition) is 1. The number of aryl methyl sites for hydroxylation is 3. The first-order valence-electron chi connectivity index (χ1n) is 16.4. The highest BCUT2D eigenvalue weighted by Gasteiger charge is 2.31. The van der Waals surface area contributed by atoms with E-state index in [9.17, 15) is 5.11 Å². The fourth-order valence-corrected chi connectivity index (χ4v) is 6.49. The number of phenols is 1. The maximum absolute atomic E-state index is 11.2. The van der Waals surface area contributed by atoms with Crippen molar-refractivity contribution in [2.45, 2.75) is 78.0 Å². The van der Waals surface area contributed by atoms with Gasteiger partial charge >= 0.3 is 0 Å². The normalized spacial score (nSPS) is 11.8. The highest BCUT2D eigenvalue weighted by Crippen LogP contribution is 2.43. The molecule has 0 saturated carbocycles. The number of halogens is 1. The van der Waals surface area contributed by atoms with Crippen LogP contribution in [0.5, 0.6) is 23.0 Å². The average Bonchev–Trinajstić information content (AvgIpc) is 3.08. The molecule has 1 aliphatic rings. The van der Waals surface area contributed by atoms with Crippen LogP contribution in [0.2, 0.25) is 0 Å². The predicted octanol–water partition coefficient (Wildman–Crippen LogP) is 6.13. The van der Waals surface area contributed by atoms with Gasteiger partial charge in [0.2, 0.25) is 5.69 Å². The van der Waals surface area contributed by atoms with Gasteiger partial charge in [-0.2, -0.15) is 4.57 Å². The van der Waals surface area contributed by atoms with Crippen molar-refractivity contribution in [2.24, 2.45) is 0 Å². The maximum atomic E-state index is 11.2. The average molecular weight is 638 g/mol. The molecule has 4 aromatic carbocycles. The smallest absolute Gasteiger partial charge is 0.216 e. The molecule has 0 atom stereocenters. The van der Waals surface area contributed by atoms with Crippen LogP contribution in [0.15, 0.2) is 91.1 Å². The van der Waals surface area contributed by atoms with Crippen molar-refractivity contribution in [1.82, 2.24) is 0 Å². The Balaban J connectivity index is 0.00000417. The van der Waals surface area contributed by atoms with Gasteiger partial charge < -0.3 is 31.7 Å². The number of aromatic hydroxyl groups is 1. The molecule has 0 fully saturated rings. The van der Waals surface area contributed by atoms with Gasteiger partial charge in [-0.05, 0) is 53.8 Å². The van der Waals surface area contributed by atoms with Crippen LogP contribution in [0.3, 0.4) is 0 Å². The van der Waals surface area contributed by atoms with Crippen molar-refractivity contribution in [3.63, 3.8) is 0 Å². The third-order valence-corrected chi connectivity index (χ3v) is 8.87. The summed E-state index contributed by atoms with van der Waals surface area (Å²) in [7, 11) is 1.70. The van der Waals surface area contributed by atoms with E-state index in [2.05, 4.69) is 35.9 Å². The quantitative estimate of drug-likeness (QED) is 0.118. The highest BCUT2D eigenvalue weighted by atomic mass is 35.5. The van der Waals surface area contributed by atoms with Crippen molar-refractivity contribution in [2.75, 3.05) is 7.11 Å². The molecule has 0 amide bonds. The van der Waals surface area contributed by atoms with E-state index in [1.165, 1.54) is 54.3 Å². The Labute approximate surface area is 279 Å². The molecule has 2 heterocycles. The Bertz CT molecular complexity index is 1740. The molecule has 240 valence electrons. The number of pyridine rings is 1. The van der Waals surface area contributed by atoms with E-state index in [0.717, 1.165) is 59.4 Å². The second kappa shape index (κ2) is 15.9. The van der Waals surface area contributed by atoms with Crippen LogP contribution < -0.4 is 31.2 Å². The fourth-order valence-electron chi connectivity index (χ4n) is 6.49. The summed E-state index contributed by atoms with van der Waals surface area (Å²) in [5.74, 6) is 2.21. The summed E-state index contributed by atoms with van der Waals surface area (Å²) in [6, 6.07) is 28.5. The van der Waals surface area contributed by atoms with Crippen LogP contribution in [-0.2, 0) is 32.6 Å². The minimum Gasteiger partial charge on any atom is -1.00 e. The van der Waals surface area contributed by atoms with Crippen LogP contribution >= 0.6 is 0 Å². The van der Waals surface area contributed by atoms with Crippen LogP contribution in [0.1, 0.15) is 67.7 Å². The first-order valence-corrected chi connectivity index (χ1v) is 16.4. The number of benzene rings is 4. The molecular weight excluding hydrogens is 594 g/mol. The van der Waals surface area contributed by atoms with Crippen molar-refractivity contribution >= 4 is 10.8 Å². The van der Waals surface area contributed by atoms with Crippen LogP contribution in [0.4, 0.5) is 0 Å². The predicted molar refractivity (Wildman–Crippen MR) is 180 cm³/mol. The summed E-state index contributed by atoms with van der Waals surface area (Å²) in [5, 5.41) is 13.4. The van der Waals surface area contributed by atoms with Gasteiger partial charge in [0, 0.05) is 17.4 Å². The highest BCUT2D eigenvalue weighted by molar-refractivity contribution is 5.95. The standard InChI is InChI=1S/C40H43NO4.ClH/c1-3-4-5-6-7-14-19-33-32-20-21-37(43-2)40(45-28-30-17-12-9-13-18-30)35(32)26-41-23-22-31-24-38(36(42)25-34(31)39(33)41)44-27-29-15-10-8-11-16-29;/h8-13,15-18,20-21,24-26H,3-7,14,19,22-23,27-28H2,1-2H3;1H. The van der Waals surface area contributed by atoms with Crippen LogP contribution in [0.25, 0.3) is 22.0 Å². The molecule has 0 unspecified atom stereocenters. The second-order valence-corrected chi connectivity index (χ2v) is 12.0. The second-order valence-electron chi connectivity index (χ2n) is 12.0. The van der Waals surface area contributed by atoms with Gasteiger partial charge in [-0.1, -0.05) is 99.7 Å². The number of hydrogen-bond acceptors (Lipinski definition) is 4. The lowest BCUT2D eigenvalue weighted by molar-refractivity contribution is -0.686. The molecule has 46 heavy (non-hydrogen) atoms. The Morgan fingerprint density at radius 2 is 1.41 bits per heavy atom. The largest absolute Gasteiger partial charge is 1.00 e. The Hall–Kier alpha value is -4.22. The SMILES string of the molecule is CCCCCCCCc1c2[n+](cc3c(OCc4ccccc4)c(OC)ccc13)CCc1cc(OCc3ccccc3)c(O)cc1-2.[Cl-]. The number of unbranched alkanes of at least 4 members (excludes halogenated alkanes) is 5. The first-order chi connectivity index (χ1) is 22.2. The molecule has 0 radical (unpaired) electrons. The van der Waals surface area contributed by atoms with Gasteiger partial charge in [-0.3, -0.25) is 0 Å². The van der Waals surface area contributed by atoms with E-state index < -0.39 is 0 Å². The number of fused-ring (bicyclic) bond motifs is 4. The Morgan fingerprint density at radius 3 is 2.11 bits per heavy atom. The lowest BCUT2D eigenvalue weighted by atomic mass is 9.89. The van der Waals surface area contributed by atoms with E-state index >= 15 is 0 Å². The molecule has 1 N–H and O–H groups in total. The van der Waals surface area contributed by atoms with Crippen molar-refractivity contribution < 1.29 is 36.3 Å². The van der Waals surface area contributed by atoms with Gasteiger partial charge in [-0.25, -0.2) is 0 Å². The number of ether oxygens (including phenoxy) is 3. The molecule has 1 aliphatic heterocycles. The van der Waals surface area contributed by atoms with Crippen LogP contribution in [0, 0.1) is 0 Å². The van der Waals surface area contributed by atoms with Crippen molar-refractivity contribution in [1.29, 1.82) is 0 Å². The minimum absolute atomic E-state index is 0. The minimum atomic E-state index is 0. The van der Waals surface area contributed by atoms with Crippen molar-refractivity contribution in [3.05, 3.63) is 113 Å². The van der Waals surface area contributed by atoms with Crippen molar-refractivity contribution in [3.8, 4) is 34.3 Å². The summed E-state index contributed by atoms with van der Waals surface area (Å²) in [4.78, 5) is 0. The molecule has 0 aliphatic carbocycles. The van der Waals surface area contributed by atoms with E-state index in [0.29, 0.717) is 19.0 Å². The maximum Gasteiger partial charge on any atom is 0.216 e. The van der Waals surface area contributed by atoms with Gasteiger partial charge in [0.05, 0.1) is 18.1 Å². The summed E-state index contributed by atoms with van der Waals surface area (Å²) < 4.78 is 20.8. The molecule has 6 heteroatoms. The fraction of sp³-hybridized carbons (Fsp3) is 0.325. The zero-order valence-electron chi connectivity index (χ0n) is 26.9. The zero-order chi connectivity index (χ0) is 31.0. The van der Waals surface area contributed by atoms with E-state index in [1.54, 1.807) is 7.11 Å². The Morgan fingerprint density at radius 1 is 0.739 bits per heavy atom. The molecule has 0 spiro atoms. The zero-order valence-corrected chi connectivity index (χ0v) is 27.7. The molecule has 0 bridgehead atoms. The van der Waals surface area contributed by atoms with E-state index in [-0.39, 0.29) is 18.2 Å². The van der Waals surface area contributed by atoms with E-state index in [1.807, 2.05) is 66.7 Å². The van der Waals surface area contributed by atoms with Gasteiger partial charge in [-0.15, -0.1) is 0 Å². The third-order valence-electron chi connectivity index (χ3n) is 8.87. The van der Waals surface area contributed by atoms with Crippen LogP contribution in [-0.4, -0.2) is 12.2 Å². The van der Waals surface area contributed by atoms with Gasteiger partial charge in [0.1, 0.15) is 13.2 Å². The van der Waals surface area contributed by atoms with Gasteiger partial charge in [0.15, 0.2) is 35.7 Å². The van der Waals surface area contributed by atoms with Gasteiger partial charge in [0.25, 0.3) is 0 Å². The number of aromatic nitrogens is 1. The third kappa shape index (κ3) is 7.42. The monoisotopic (exact) mass is 637 g/mol. The molecular formula is C40H44ClNO4. The molecule has 0 saturated heterocycles. The molecule has 1 aromatic heterocycles. The van der Waals surface area contributed by atoms with E-state index in [4.69, 9.17) is 14.2 Å². The molecule has 5 nitrogen and oxygen atoms in total. The molecule has 6 rings (SSSR count). The summed E-state index contributed by atoms with van der Waals surface area (Å²) in [6.07, 6.45) is 11.4. The number of nitrogens with zero attached hydrogens (tertiary/aromatic N) is 1.